The number of nitrogens with zero attached hydrogens (tertiary/aromatic N) is 3. The van der Waals surface area contributed by atoms with E-state index in [1.54, 1.807) is 0 Å². The minimum Gasteiger partial charge on any atom is -0.489 e. The lowest BCUT2D eigenvalue weighted by atomic mass is 10.3. The second-order valence-corrected chi connectivity index (χ2v) is 4.84. The van der Waals surface area contributed by atoms with E-state index in [1.807, 2.05) is 0 Å². The van der Waals surface area contributed by atoms with Crippen LogP contribution in [0.25, 0.3) is 0 Å². The monoisotopic (exact) mass is 250 g/mol. The number of hydrogen-bond donors (Lipinski definition) is 1. The maximum absolute atomic E-state index is 11.6. The Balaban J connectivity index is 1.75. The minimum absolute atomic E-state index is 0.216. The standard InChI is InChI=1S/C12H18N4O2/c1-18-10-11(13-8-14-12(10)17)16-6-4-15(5-7-16)9-2-3-9/h8-9H,2-7H2,1H3,(H,13,14,17). The van der Waals surface area contributed by atoms with Gasteiger partial charge in [0.1, 0.15) is 0 Å². The first kappa shape index (κ1) is 11.5. The minimum atomic E-state index is -0.216. The molecule has 6 heteroatoms. The quantitative estimate of drug-likeness (QED) is 0.822. The van der Waals surface area contributed by atoms with Crippen LogP contribution in [0.4, 0.5) is 5.82 Å². The number of aromatic nitrogens is 2. The first-order chi connectivity index (χ1) is 8.79. The van der Waals surface area contributed by atoms with Crippen molar-refractivity contribution in [3.8, 4) is 5.75 Å². The molecule has 1 aromatic heterocycles. The van der Waals surface area contributed by atoms with Gasteiger partial charge in [0.2, 0.25) is 5.75 Å². The van der Waals surface area contributed by atoms with Crippen molar-refractivity contribution in [2.75, 3.05) is 38.2 Å². The molecular formula is C12H18N4O2. The van der Waals surface area contributed by atoms with Crippen LogP contribution in [-0.2, 0) is 0 Å². The number of nitrogens with one attached hydrogen (secondary N) is 1. The molecule has 2 aliphatic rings. The van der Waals surface area contributed by atoms with E-state index in [4.69, 9.17) is 4.74 Å². The summed E-state index contributed by atoms with van der Waals surface area (Å²) in [5.74, 6) is 0.981. The lowest BCUT2D eigenvalue weighted by Gasteiger charge is -2.35. The molecule has 0 amide bonds. The number of anilines is 1. The molecule has 2 fully saturated rings. The summed E-state index contributed by atoms with van der Waals surface area (Å²) in [6.07, 6.45) is 4.12. The Hall–Kier alpha value is -1.56. The Labute approximate surface area is 106 Å². The zero-order valence-electron chi connectivity index (χ0n) is 10.6. The van der Waals surface area contributed by atoms with Gasteiger partial charge in [0.05, 0.1) is 13.4 Å². The van der Waals surface area contributed by atoms with E-state index in [9.17, 15) is 4.79 Å². The number of methoxy groups -OCH3 is 1. The number of piperazine rings is 1. The Morgan fingerprint density at radius 1 is 1.33 bits per heavy atom. The molecule has 1 aliphatic heterocycles. The molecule has 1 saturated carbocycles. The molecule has 0 atom stereocenters. The van der Waals surface area contributed by atoms with Crippen LogP contribution in [0.2, 0.25) is 0 Å². The van der Waals surface area contributed by atoms with Crippen LogP contribution in [0.1, 0.15) is 12.8 Å². The second kappa shape index (κ2) is 4.61. The molecule has 0 aromatic carbocycles. The fraction of sp³-hybridized carbons (Fsp3) is 0.667. The number of rotatable bonds is 3. The molecule has 3 rings (SSSR count). The van der Waals surface area contributed by atoms with Gasteiger partial charge in [-0.3, -0.25) is 9.69 Å². The van der Waals surface area contributed by atoms with Crippen molar-refractivity contribution in [2.45, 2.75) is 18.9 Å². The Morgan fingerprint density at radius 2 is 2.06 bits per heavy atom. The van der Waals surface area contributed by atoms with Crippen LogP contribution in [0.5, 0.6) is 5.75 Å². The average molecular weight is 250 g/mol. The zero-order chi connectivity index (χ0) is 12.5. The summed E-state index contributed by atoms with van der Waals surface area (Å²) in [5.41, 5.74) is -0.216. The van der Waals surface area contributed by atoms with Gasteiger partial charge >= 0.3 is 0 Å². The number of hydrogen-bond acceptors (Lipinski definition) is 5. The lowest BCUT2D eigenvalue weighted by Crippen LogP contribution is -2.47. The van der Waals surface area contributed by atoms with Gasteiger partial charge in [-0.15, -0.1) is 0 Å². The Bertz CT molecular complexity index is 475. The Morgan fingerprint density at radius 3 is 2.67 bits per heavy atom. The van der Waals surface area contributed by atoms with E-state index in [0.717, 1.165) is 32.2 Å². The molecule has 98 valence electrons. The highest BCUT2D eigenvalue weighted by Gasteiger charge is 2.32. The van der Waals surface area contributed by atoms with E-state index >= 15 is 0 Å². The normalized spacial score (nSPS) is 21.1. The Kier molecular flexibility index (Phi) is 2.95. The van der Waals surface area contributed by atoms with Crippen molar-refractivity contribution in [3.05, 3.63) is 16.7 Å². The molecule has 18 heavy (non-hydrogen) atoms. The number of H-pyrrole nitrogens is 1. The van der Waals surface area contributed by atoms with Crippen molar-refractivity contribution in [1.29, 1.82) is 0 Å². The predicted molar refractivity (Wildman–Crippen MR) is 68.2 cm³/mol. The van der Waals surface area contributed by atoms with E-state index < -0.39 is 0 Å². The van der Waals surface area contributed by atoms with E-state index in [1.165, 1.54) is 26.3 Å². The highest BCUT2D eigenvalue weighted by molar-refractivity contribution is 5.51. The summed E-state index contributed by atoms with van der Waals surface area (Å²) in [4.78, 5) is 23.1. The molecule has 1 N–H and O–H groups in total. The maximum atomic E-state index is 11.6. The van der Waals surface area contributed by atoms with Crippen LogP contribution in [0.15, 0.2) is 11.1 Å². The summed E-state index contributed by atoms with van der Waals surface area (Å²) >= 11 is 0. The van der Waals surface area contributed by atoms with Crippen LogP contribution >= 0.6 is 0 Å². The molecule has 6 nitrogen and oxygen atoms in total. The predicted octanol–water partition coefficient (Wildman–Crippen LogP) is 0.0629. The summed E-state index contributed by atoms with van der Waals surface area (Å²) in [6.45, 7) is 3.90. The molecule has 0 spiro atoms. The summed E-state index contributed by atoms with van der Waals surface area (Å²) in [5, 5.41) is 0. The SMILES string of the molecule is COc1c(N2CCN(C3CC3)CC2)nc[nH]c1=O. The van der Waals surface area contributed by atoms with E-state index in [2.05, 4.69) is 19.8 Å². The second-order valence-electron chi connectivity index (χ2n) is 4.84. The van der Waals surface area contributed by atoms with Gasteiger partial charge in [-0.2, -0.15) is 0 Å². The van der Waals surface area contributed by atoms with Crippen LogP contribution in [-0.4, -0.2) is 54.2 Å². The topological polar surface area (TPSA) is 61.5 Å². The molecule has 1 aromatic rings. The number of aromatic amines is 1. The largest absolute Gasteiger partial charge is 0.489 e. The van der Waals surface area contributed by atoms with Gasteiger partial charge in [0.25, 0.3) is 5.56 Å². The summed E-state index contributed by atoms with van der Waals surface area (Å²) in [6, 6.07) is 0.807. The first-order valence-corrected chi connectivity index (χ1v) is 6.40. The van der Waals surface area contributed by atoms with E-state index in [-0.39, 0.29) is 5.56 Å². The van der Waals surface area contributed by atoms with Crippen molar-refractivity contribution < 1.29 is 4.74 Å². The average Bonchev–Trinajstić information content (AvgIpc) is 3.23. The lowest BCUT2D eigenvalue weighted by molar-refractivity contribution is 0.246. The van der Waals surface area contributed by atoms with Crippen molar-refractivity contribution in [3.63, 3.8) is 0 Å². The van der Waals surface area contributed by atoms with Gasteiger partial charge in [-0.25, -0.2) is 4.98 Å². The zero-order valence-corrected chi connectivity index (χ0v) is 10.6. The summed E-state index contributed by atoms with van der Waals surface area (Å²) < 4.78 is 5.15. The van der Waals surface area contributed by atoms with Crippen LogP contribution in [0, 0.1) is 0 Å². The molecule has 1 saturated heterocycles. The van der Waals surface area contributed by atoms with Gasteiger partial charge in [-0.1, -0.05) is 0 Å². The first-order valence-electron chi connectivity index (χ1n) is 6.40. The molecule has 0 bridgehead atoms. The highest BCUT2D eigenvalue weighted by atomic mass is 16.5. The van der Waals surface area contributed by atoms with Gasteiger partial charge < -0.3 is 14.6 Å². The highest BCUT2D eigenvalue weighted by Crippen LogP contribution is 2.29. The van der Waals surface area contributed by atoms with Crippen molar-refractivity contribution in [2.24, 2.45) is 0 Å². The number of ether oxygens (including phenoxy) is 1. The molecule has 0 unspecified atom stereocenters. The van der Waals surface area contributed by atoms with E-state index in [0.29, 0.717) is 11.6 Å². The van der Waals surface area contributed by atoms with Crippen LogP contribution in [0.3, 0.4) is 0 Å². The molecule has 1 aliphatic carbocycles. The third-order valence-electron chi connectivity index (χ3n) is 3.67. The fourth-order valence-corrected chi connectivity index (χ4v) is 2.53. The van der Waals surface area contributed by atoms with Gasteiger partial charge in [0.15, 0.2) is 5.82 Å². The van der Waals surface area contributed by atoms with Crippen molar-refractivity contribution >= 4 is 5.82 Å². The maximum Gasteiger partial charge on any atom is 0.295 e. The fourth-order valence-electron chi connectivity index (χ4n) is 2.53. The summed E-state index contributed by atoms with van der Waals surface area (Å²) in [7, 11) is 1.51. The van der Waals surface area contributed by atoms with Gasteiger partial charge in [0, 0.05) is 32.2 Å². The molecule has 2 heterocycles. The third-order valence-corrected chi connectivity index (χ3v) is 3.67. The smallest absolute Gasteiger partial charge is 0.295 e. The molecular weight excluding hydrogens is 232 g/mol. The van der Waals surface area contributed by atoms with Crippen molar-refractivity contribution in [1.82, 2.24) is 14.9 Å². The third kappa shape index (κ3) is 2.08. The van der Waals surface area contributed by atoms with Crippen LogP contribution < -0.4 is 15.2 Å². The molecule has 0 radical (unpaired) electrons. The van der Waals surface area contributed by atoms with Gasteiger partial charge in [-0.05, 0) is 12.8 Å².